The third-order valence-corrected chi connectivity index (χ3v) is 4.66. The van der Waals surface area contributed by atoms with Crippen LogP contribution in [0.2, 0.25) is 10.0 Å². The normalized spacial score (nSPS) is 11.6. The van der Waals surface area contributed by atoms with Crippen LogP contribution in [0.4, 0.5) is 5.69 Å². The summed E-state index contributed by atoms with van der Waals surface area (Å²) in [5.74, 6) is -0.394. The van der Waals surface area contributed by atoms with Gasteiger partial charge in [-0.2, -0.15) is 0 Å². The second-order valence-electron chi connectivity index (χ2n) is 5.81. The van der Waals surface area contributed by atoms with Gasteiger partial charge in [0.15, 0.2) is 6.10 Å². The Bertz CT molecular complexity index is 828. The van der Waals surface area contributed by atoms with Crippen molar-refractivity contribution in [2.45, 2.75) is 26.9 Å². The van der Waals surface area contributed by atoms with Gasteiger partial charge in [0.25, 0.3) is 5.91 Å². The molecule has 0 heterocycles. The van der Waals surface area contributed by atoms with Crippen molar-refractivity contribution in [3.05, 3.63) is 57.1 Å². The molecular weight excluding hydrogens is 377 g/mol. The van der Waals surface area contributed by atoms with Gasteiger partial charge in [0.05, 0.1) is 17.7 Å². The van der Waals surface area contributed by atoms with E-state index < -0.39 is 12.1 Å². The van der Waals surface area contributed by atoms with E-state index in [4.69, 9.17) is 27.9 Å². The van der Waals surface area contributed by atoms with Crippen LogP contribution < -0.4 is 10.1 Å². The summed E-state index contributed by atoms with van der Waals surface area (Å²) in [6.07, 6.45) is -0.757. The zero-order valence-corrected chi connectivity index (χ0v) is 16.4. The molecule has 138 valence electrons. The Labute approximate surface area is 162 Å². The van der Waals surface area contributed by atoms with Crippen molar-refractivity contribution in [1.29, 1.82) is 0 Å². The molecule has 0 aliphatic rings. The molecule has 0 aromatic heterocycles. The first-order chi connectivity index (χ1) is 12.2. The number of rotatable bonds is 5. The van der Waals surface area contributed by atoms with Crippen LogP contribution in [-0.4, -0.2) is 25.1 Å². The molecule has 0 spiro atoms. The fraction of sp³-hybridized carbons (Fsp3) is 0.263. The van der Waals surface area contributed by atoms with E-state index in [0.717, 1.165) is 11.1 Å². The lowest BCUT2D eigenvalue weighted by Gasteiger charge is -2.16. The highest BCUT2D eigenvalue weighted by atomic mass is 35.5. The van der Waals surface area contributed by atoms with Crippen LogP contribution in [0.25, 0.3) is 0 Å². The summed E-state index contributed by atoms with van der Waals surface area (Å²) in [6, 6.07) is 8.11. The third kappa shape index (κ3) is 4.68. The van der Waals surface area contributed by atoms with Gasteiger partial charge < -0.3 is 14.8 Å². The zero-order chi connectivity index (χ0) is 19.4. The van der Waals surface area contributed by atoms with E-state index in [2.05, 4.69) is 10.1 Å². The maximum absolute atomic E-state index is 12.4. The van der Waals surface area contributed by atoms with Crippen molar-refractivity contribution in [3.63, 3.8) is 0 Å². The molecule has 0 aliphatic carbocycles. The lowest BCUT2D eigenvalue weighted by Crippen LogP contribution is -2.30. The van der Waals surface area contributed by atoms with Gasteiger partial charge in [0, 0.05) is 10.7 Å². The fourth-order valence-corrected chi connectivity index (χ4v) is 2.65. The number of methoxy groups -OCH3 is 1. The predicted octanol–water partition coefficient (Wildman–Crippen LogP) is 4.80. The van der Waals surface area contributed by atoms with E-state index in [0.29, 0.717) is 16.5 Å². The monoisotopic (exact) mass is 395 g/mol. The van der Waals surface area contributed by atoms with Crippen LogP contribution in [0.5, 0.6) is 5.75 Å². The molecule has 26 heavy (non-hydrogen) atoms. The summed E-state index contributed by atoms with van der Waals surface area (Å²) < 4.78 is 10.4. The highest BCUT2D eigenvalue weighted by Crippen LogP contribution is 2.27. The van der Waals surface area contributed by atoms with Gasteiger partial charge in [-0.25, -0.2) is 4.79 Å². The lowest BCUT2D eigenvalue weighted by atomic mass is 10.1. The Morgan fingerprint density at radius 1 is 1.08 bits per heavy atom. The Hall–Kier alpha value is -2.24. The van der Waals surface area contributed by atoms with Crippen LogP contribution in [0.15, 0.2) is 30.3 Å². The average Bonchev–Trinajstić information content (AvgIpc) is 2.60. The molecule has 0 radical (unpaired) electrons. The molecular formula is C19H19Cl2NO4. The van der Waals surface area contributed by atoms with E-state index >= 15 is 0 Å². The molecule has 2 rings (SSSR count). The number of aryl methyl sites for hydroxylation is 2. The van der Waals surface area contributed by atoms with Crippen LogP contribution in [0.3, 0.4) is 0 Å². The van der Waals surface area contributed by atoms with Crippen LogP contribution in [-0.2, 0) is 9.53 Å². The molecule has 0 bridgehead atoms. The number of halogens is 2. The Balaban J connectivity index is 2.11. The van der Waals surface area contributed by atoms with Gasteiger partial charge in [-0.1, -0.05) is 23.2 Å². The first-order valence-electron chi connectivity index (χ1n) is 7.85. The minimum absolute atomic E-state index is 0.171. The third-order valence-electron chi connectivity index (χ3n) is 3.73. The van der Waals surface area contributed by atoms with E-state index in [9.17, 15) is 9.59 Å². The number of hydrogen-bond acceptors (Lipinski definition) is 4. The molecule has 0 unspecified atom stereocenters. The van der Waals surface area contributed by atoms with Crippen molar-refractivity contribution in [1.82, 2.24) is 0 Å². The maximum Gasteiger partial charge on any atom is 0.339 e. The Morgan fingerprint density at radius 3 is 2.27 bits per heavy atom. The number of nitrogens with one attached hydrogen (secondary N) is 1. The molecule has 5 nitrogen and oxygen atoms in total. The topological polar surface area (TPSA) is 64.6 Å². The summed E-state index contributed by atoms with van der Waals surface area (Å²) >= 11 is 12.1. The number of esters is 1. The minimum Gasteiger partial charge on any atom is -0.481 e. The van der Waals surface area contributed by atoms with Crippen LogP contribution >= 0.6 is 23.2 Å². The van der Waals surface area contributed by atoms with E-state index in [1.807, 2.05) is 13.8 Å². The van der Waals surface area contributed by atoms with Crippen LogP contribution in [0, 0.1) is 13.8 Å². The maximum atomic E-state index is 12.4. The molecule has 2 aromatic rings. The van der Waals surface area contributed by atoms with E-state index in [1.165, 1.54) is 19.2 Å². The molecule has 1 amide bonds. The van der Waals surface area contributed by atoms with Crippen LogP contribution in [0.1, 0.15) is 28.4 Å². The van der Waals surface area contributed by atoms with Gasteiger partial charge >= 0.3 is 5.97 Å². The van der Waals surface area contributed by atoms with Crippen molar-refractivity contribution in [2.75, 3.05) is 12.4 Å². The standard InChI is InChI=1S/C19H19Cl2NO4/c1-10-7-14(8-11(2)17(10)21)26-12(3)18(23)22-13-5-6-16(20)15(9-13)19(24)25-4/h5-9,12H,1-4H3,(H,22,23)/t12-/m1/s1. The summed E-state index contributed by atoms with van der Waals surface area (Å²) in [5.41, 5.74) is 2.33. The first-order valence-corrected chi connectivity index (χ1v) is 8.60. The van der Waals surface area contributed by atoms with Gasteiger partial charge in [0.2, 0.25) is 0 Å². The molecule has 2 aromatic carbocycles. The highest BCUT2D eigenvalue weighted by molar-refractivity contribution is 6.33. The summed E-state index contributed by atoms with van der Waals surface area (Å²) in [7, 11) is 1.26. The minimum atomic E-state index is -0.757. The smallest absolute Gasteiger partial charge is 0.339 e. The van der Waals surface area contributed by atoms with Gasteiger partial charge in [-0.15, -0.1) is 0 Å². The molecule has 0 saturated heterocycles. The SMILES string of the molecule is COC(=O)c1cc(NC(=O)[C@@H](C)Oc2cc(C)c(Cl)c(C)c2)ccc1Cl. The molecule has 0 saturated carbocycles. The molecule has 0 fully saturated rings. The van der Waals surface area contributed by atoms with Crippen molar-refractivity contribution >= 4 is 40.8 Å². The quantitative estimate of drug-likeness (QED) is 0.738. The average molecular weight is 396 g/mol. The highest BCUT2D eigenvalue weighted by Gasteiger charge is 2.18. The zero-order valence-electron chi connectivity index (χ0n) is 14.9. The number of carbonyl (C=O) groups excluding carboxylic acids is 2. The molecule has 1 N–H and O–H groups in total. The first kappa shape index (κ1) is 20.1. The number of hydrogen-bond donors (Lipinski definition) is 1. The molecule has 1 atom stereocenters. The summed E-state index contributed by atoms with van der Waals surface area (Å²) in [4.78, 5) is 24.1. The molecule has 7 heteroatoms. The number of ether oxygens (including phenoxy) is 2. The van der Waals surface area contributed by atoms with Gasteiger partial charge in [-0.3, -0.25) is 4.79 Å². The second kappa shape index (κ2) is 8.43. The number of benzene rings is 2. The Morgan fingerprint density at radius 2 is 1.69 bits per heavy atom. The second-order valence-corrected chi connectivity index (χ2v) is 6.59. The van der Waals surface area contributed by atoms with Gasteiger partial charge in [-0.05, 0) is 62.2 Å². The number of carbonyl (C=O) groups is 2. The van der Waals surface area contributed by atoms with E-state index in [-0.39, 0.29) is 16.5 Å². The summed E-state index contributed by atoms with van der Waals surface area (Å²) in [6.45, 7) is 5.37. The van der Waals surface area contributed by atoms with E-state index in [1.54, 1.807) is 25.1 Å². The number of amides is 1. The Kier molecular flexibility index (Phi) is 6.51. The number of anilines is 1. The van der Waals surface area contributed by atoms with Gasteiger partial charge in [0.1, 0.15) is 5.75 Å². The fourth-order valence-electron chi connectivity index (χ4n) is 2.35. The lowest BCUT2D eigenvalue weighted by molar-refractivity contribution is -0.122. The van der Waals surface area contributed by atoms with Crippen molar-refractivity contribution in [3.8, 4) is 5.75 Å². The summed E-state index contributed by atoms with van der Waals surface area (Å²) in [5, 5.41) is 3.61. The molecule has 0 aliphatic heterocycles. The largest absolute Gasteiger partial charge is 0.481 e. The van der Waals surface area contributed by atoms with Crippen molar-refractivity contribution in [2.24, 2.45) is 0 Å². The predicted molar refractivity (Wildman–Crippen MR) is 102 cm³/mol. The van der Waals surface area contributed by atoms with Crippen molar-refractivity contribution < 1.29 is 19.1 Å².